The Hall–Kier alpha value is -6.22. The summed E-state index contributed by atoms with van der Waals surface area (Å²) in [6, 6.07) is 37.7. The summed E-state index contributed by atoms with van der Waals surface area (Å²) in [6.45, 7) is 0. The average molecular weight is 562 g/mol. The summed E-state index contributed by atoms with van der Waals surface area (Å²) in [4.78, 5) is 13.2. The number of carbonyl (C=O) groups excluding carboxylic acids is 1. The van der Waals surface area contributed by atoms with E-state index in [-0.39, 0.29) is 22.8 Å². The van der Waals surface area contributed by atoms with Crippen LogP contribution in [0.25, 0.3) is 44.2 Å². The highest BCUT2D eigenvalue weighted by atomic mass is 16.3. The molecule has 0 radical (unpaired) electrons. The number of azo groups is 1. The summed E-state index contributed by atoms with van der Waals surface area (Å²) in [7, 11) is 0. The third kappa shape index (κ3) is 4.85. The third-order valence-electron chi connectivity index (χ3n) is 7.09. The third-order valence-corrected chi connectivity index (χ3v) is 7.09. The minimum absolute atomic E-state index is 0.0746. The lowest BCUT2D eigenvalue weighted by molar-refractivity contribution is 0.102. The zero-order valence-corrected chi connectivity index (χ0v) is 22.6. The molecule has 1 amide bonds. The Balaban J connectivity index is 1.39. The predicted octanol–water partition coefficient (Wildman–Crippen LogP) is 8.21. The predicted molar refractivity (Wildman–Crippen MR) is 167 cm³/mol. The van der Waals surface area contributed by atoms with Gasteiger partial charge >= 0.3 is 0 Å². The highest BCUT2D eigenvalue weighted by Gasteiger charge is 2.22. The Morgan fingerprint density at radius 3 is 2.14 bits per heavy atom. The Morgan fingerprint density at radius 2 is 1.40 bits per heavy atom. The first-order chi connectivity index (χ1) is 21.2. The maximum absolute atomic E-state index is 13.2. The Kier molecular flexibility index (Phi) is 6.57. The first-order valence-corrected chi connectivity index (χ1v) is 13.6. The molecule has 0 aliphatic heterocycles. The molecular formula is C34H23N7O2. The van der Waals surface area contributed by atoms with E-state index in [1.54, 1.807) is 18.2 Å². The van der Waals surface area contributed by atoms with Crippen LogP contribution in [0.15, 0.2) is 132 Å². The molecule has 9 nitrogen and oxygen atoms in total. The molecule has 0 aliphatic rings. The van der Waals surface area contributed by atoms with E-state index in [4.69, 9.17) is 0 Å². The molecule has 0 bridgehead atoms. The number of aromatic amines is 1. The van der Waals surface area contributed by atoms with Gasteiger partial charge in [0.15, 0.2) is 11.4 Å². The molecule has 0 saturated carbocycles. The molecular weight excluding hydrogens is 538 g/mol. The van der Waals surface area contributed by atoms with Gasteiger partial charge in [0.1, 0.15) is 11.4 Å². The van der Waals surface area contributed by atoms with Crippen molar-refractivity contribution in [2.24, 2.45) is 10.2 Å². The van der Waals surface area contributed by atoms with Crippen molar-refractivity contribution in [2.75, 3.05) is 5.32 Å². The van der Waals surface area contributed by atoms with Gasteiger partial charge in [-0.3, -0.25) is 9.89 Å². The van der Waals surface area contributed by atoms with Crippen LogP contribution in [0.5, 0.6) is 5.75 Å². The maximum atomic E-state index is 13.2. The van der Waals surface area contributed by atoms with Crippen LogP contribution in [0, 0.1) is 0 Å². The largest absolute Gasteiger partial charge is 0.505 e. The summed E-state index contributed by atoms with van der Waals surface area (Å²) in [6.07, 6.45) is 0. The number of fused-ring (bicyclic) bond motifs is 2. The number of hydrogen-bond donors (Lipinski definition) is 3. The van der Waals surface area contributed by atoms with Crippen LogP contribution < -0.4 is 5.32 Å². The zero-order valence-electron chi connectivity index (χ0n) is 22.6. The highest BCUT2D eigenvalue weighted by molar-refractivity contribution is 6.12. The first kappa shape index (κ1) is 25.7. The van der Waals surface area contributed by atoms with Crippen LogP contribution in [0.1, 0.15) is 10.4 Å². The molecule has 2 aromatic heterocycles. The van der Waals surface area contributed by atoms with Gasteiger partial charge in [0.05, 0.1) is 10.9 Å². The number of carbonyl (C=O) groups is 1. The van der Waals surface area contributed by atoms with E-state index >= 15 is 0 Å². The molecule has 3 N–H and O–H groups in total. The lowest BCUT2D eigenvalue weighted by Gasteiger charge is -2.11. The van der Waals surface area contributed by atoms with Crippen LogP contribution in [0.3, 0.4) is 0 Å². The van der Waals surface area contributed by atoms with Crippen LogP contribution in [-0.4, -0.2) is 31.4 Å². The second kappa shape index (κ2) is 11.0. The molecule has 9 heteroatoms. The number of para-hydroxylation sites is 1. The summed E-state index contributed by atoms with van der Waals surface area (Å²) < 4.78 is 0. The maximum Gasteiger partial charge on any atom is 0.259 e. The molecule has 0 unspecified atom stereocenters. The molecule has 7 rings (SSSR count). The summed E-state index contributed by atoms with van der Waals surface area (Å²) in [5.74, 6) is -0.488. The quantitative estimate of drug-likeness (QED) is 0.176. The van der Waals surface area contributed by atoms with Gasteiger partial charge < -0.3 is 10.4 Å². The van der Waals surface area contributed by atoms with Crippen LogP contribution in [0.4, 0.5) is 17.2 Å². The summed E-state index contributed by atoms with van der Waals surface area (Å²) in [5.41, 5.74) is 4.54. The summed E-state index contributed by atoms with van der Waals surface area (Å²) >= 11 is 0. The van der Waals surface area contributed by atoms with Gasteiger partial charge in [0, 0.05) is 22.2 Å². The number of phenols is 1. The molecule has 2 heterocycles. The van der Waals surface area contributed by atoms with Gasteiger partial charge in [-0.25, -0.2) is 0 Å². The second-order valence-electron chi connectivity index (χ2n) is 9.79. The number of aromatic nitrogens is 4. The SMILES string of the molecule is O=C(Nc1ccccc1)c1cc2ccccc2c(N=Nc2n[nH]c3nnc(-c4ccccc4)c(-c4ccccc4)c23)c1O. The van der Waals surface area contributed by atoms with Gasteiger partial charge in [-0.05, 0) is 29.1 Å². The van der Waals surface area contributed by atoms with E-state index < -0.39 is 5.91 Å². The van der Waals surface area contributed by atoms with Crippen molar-refractivity contribution >= 4 is 44.9 Å². The van der Waals surface area contributed by atoms with Crippen LogP contribution >= 0.6 is 0 Å². The average Bonchev–Trinajstić information content (AvgIpc) is 3.48. The highest BCUT2D eigenvalue weighted by Crippen LogP contribution is 2.42. The smallest absolute Gasteiger partial charge is 0.259 e. The number of hydrogen-bond acceptors (Lipinski definition) is 7. The molecule has 0 aliphatic carbocycles. The standard InChI is InChI=1S/C34H23N7O2/c42-31-26(34(43)35-24-17-8-3-9-18-24)20-23-16-10-11-19-25(23)30(31)37-39-33-28-27(21-12-4-1-5-13-21)29(22-14-6-2-7-15-22)36-38-32(28)40-41-33/h1-20,42H,(H,35,43)(H,38,40,41). The van der Waals surface area contributed by atoms with Crippen LogP contribution in [0.2, 0.25) is 0 Å². The molecule has 5 aromatic carbocycles. The number of benzene rings is 5. The van der Waals surface area contributed by atoms with Crippen molar-refractivity contribution in [3.05, 3.63) is 127 Å². The first-order valence-electron chi connectivity index (χ1n) is 13.6. The van der Waals surface area contributed by atoms with E-state index in [9.17, 15) is 9.90 Å². The minimum Gasteiger partial charge on any atom is -0.505 e. The number of nitrogens with zero attached hydrogens (tertiary/aromatic N) is 5. The normalized spacial score (nSPS) is 11.3. The number of phenolic OH excluding ortho intramolecular Hbond substituents is 1. The van der Waals surface area contributed by atoms with Gasteiger partial charge in [-0.1, -0.05) is 103 Å². The van der Waals surface area contributed by atoms with Gasteiger partial charge in [-0.15, -0.1) is 20.4 Å². The van der Waals surface area contributed by atoms with Crippen molar-refractivity contribution in [3.63, 3.8) is 0 Å². The number of H-pyrrole nitrogens is 1. The molecule has 0 spiro atoms. The van der Waals surface area contributed by atoms with E-state index in [1.165, 1.54) is 0 Å². The van der Waals surface area contributed by atoms with Crippen molar-refractivity contribution in [1.29, 1.82) is 0 Å². The van der Waals surface area contributed by atoms with Crippen molar-refractivity contribution in [2.45, 2.75) is 0 Å². The molecule has 7 aromatic rings. The minimum atomic E-state index is -0.467. The Bertz CT molecular complexity index is 2130. The Morgan fingerprint density at radius 1 is 0.744 bits per heavy atom. The molecule has 43 heavy (non-hydrogen) atoms. The van der Waals surface area contributed by atoms with Gasteiger partial charge in [-0.2, -0.15) is 5.10 Å². The molecule has 0 atom stereocenters. The topological polar surface area (TPSA) is 129 Å². The monoisotopic (exact) mass is 561 g/mol. The van der Waals surface area contributed by atoms with Gasteiger partial charge in [0.25, 0.3) is 5.91 Å². The molecule has 206 valence electrons. The number of rotatable bonds is 6. The molecule has 0 fully saturated rings. The fourth-order valence-corrected chi connectivity index (χ4v) is 5.06. The van der Waals surface area contributed by atoms with Gasteiger partial charge in [0.2, 0.25) is 5.82 Å². The van der Waals surface area contributed by atoms with E-state index in [0.717, 1.165) is 22.1 Å². The van der Waals surface area contributed by atoms with E-state index in [2.05, 4.69) is 35.9 Å². The molecule has 0 saturated heterocycles. The number of aromatic hydroxyl groups is 1. The number of amides is 1. The second-order valence-corrected chi connectivity index (χ2v) is 9.79. The van der Waals surface area contributed by atoms with Crippen molar-refractivity contribution < 1.29 is 9.90 Å². The number of nitrogens with one attached hydrogen (secondary N) is 2. The fourth-order valence-electron chi connectivity index (χ4n) is 5.06. The summed E-state index contributed by atoms with van der Waals surface area (Å²) in [5, 5.41) is 41.4. The lowest BCUT2D eigenvalue weighted by Crippen LogP contribution is -2.12. The van der Waals surface area contributed by atoms with E-state index in [0.29, 0.717) is 27.8 Å². The lowest BCUT2D eigenvalue weighted by atomic mass is 9.97. The zero-order chi connectivity index (χ0) is 29.2. The van der Waals surface area contributed by atoms with E-state index in [1.807, 2.05) is 103 Å². The number of anilines is 1. The Labute approximate surface area is 245 Å². The fraction of sp³-hybridized carbons (Fsp3) is 0. The van der Waals surface area contributed by atoms with Crippen molar-refractivity contribution in [3.8, 4) is 28.1 Å². The van der Waals surface area contributed by atoms with Crippen LogP contribution in [-0.2, 0) is 0 Å². The van der Waals surface area contributed by atoms with Crippen molar-refractivity contribution in [1.82, 2.24) is 20.4 Å².